The van der Waals surface area contributed by atoms with E-state index in [1.165, 1.54) is 16.6 Å². The Labute approximate surface area is 166 Å². The number of para-hydroxylation sites is 1. The standard InChI is InChI=1S/C24H27N3O/c1-19-18-26(21-10-3-2-4-11-21)16-17-27(19)24(28)14-6-9-20-8-5-13-23-22(20)12-7-15-25-23/h2-5,7-8,10-13,15,19H,6,9,14,16-18H2,1H3. The van der Waals surface area contributed by atoms with E-state index < -0.39 is 0 Å². The fourth-order valence-corrected chi connectivity index (χ4v) is 4.16. The molecule has 1 amide bonds. The lowest BCUT2D eigenvalue weighted by molar-refractivity contribution is -0.133. The van der Waals surface area contributed by atoms with Gasteiger partial charge < -0.3 is 9.80 Å². The Morgan fingerprint density at radius 3 is 2.71 bits per heavy atom. The molecule has 2 heterocycles. The molecule has 1 fully saturated rings. The van der Waals surface area contributed by atoms with Crippen molar-refractivity contribution in [1.82, 2.24) is 9.88 Å². The zero-order chi connectivity index (χ0) is 19.3. The molecule has 1 unspecified atom stereocenters. The van der Waals surface area contributed by atoms with Gasteiger partial charge in [0.15, 0.2) is 0 Å². The zero-order valence-corrected chi connectivity index (χ0v) is 16.4. The Kier molecular flexibility index (Phi) is 5.56. The second-order valence-corrected chi connectivity index (χ2v) is 7.56. The predicted octanol–water partition coefficient (Wildman–Crippen LogP) is 4.29. The highest BCUT2D eigenvalue weighted by molar-refractivity contribution is 5.82. The maximum Gasteiger partial charge on any atom is 0.222 e. The largest absolute Gasteiger partial charge is 0.368 e. The first-order valence-corrected chi connectivity index (χ1v) is 10.1. The van der Waals surface area contributed by atoms with E-state index in [1.54, 1.807) is 0 Å². The second-order valence-electron chi connectivity index (χ2n) is 7.56. The summed E-state index contributed by atoms with van der Waals surface area (Å²) in [6.07, 6.45) is 4.21. The Morgan fingerprint density at radius 1 is 1.04 bits per heavy atom. The third kappa shape index (κ3) is 4.01. The number of rotatable bonds is 5. The summed E-state index contributed by atoms with van der Waals surface area (Å²) < 4.78 is 0. The number of anilines is 1. The molecule has 4 heteroatoms. The van der Waals surface area contributed by atoms with Gasteiger partial charge in [-0.3, -0.25) is 9.78 Å². The summed E-state index contributed by atoms with van der Waals surface area (Å²) in [6.45, 7) is 4.75. The van der Waals surface area contributed by atoms with E-state index >= 15 is 0 Å². The van der Waals surface area contributed by atoms with Crippen molar-refractivity contribution < 1.29 is 4.79 Å². The Bertz CT molecular complexity index is 935. The average molecular weight is 374 g/mol. The molecule has 1 aliphatic rings. The van der Waals surface area contributed by atoms with Crippen molar-refractivity contribution in [3.63, 3.8) is 0 Å². The lowest BCUT2D eigenvalue weighted by Crippen LogP contribution is -2.54. The van der Waals surface area contributed by atoms with Crippen LogP contribution in [0.1, 0.15) is 25.3 Å². The van der Waals surface area contributed by atoms with Gasteiger partial charge in [0.25, 0.3) is 0 Å². The molecule has 4 nitrogen and oxygen atoms in total. The van der Waals surface area contributed by atoms with E-state index in [2.05, 4.69) is 64.2 Å². The van der Waals surface area contributed by atoms with Crippen molar-refractivity contribution in [1.29, 1.82) is 0 Å². The summed E-state index contributed by atoms with van der Waals surface area (Å²) in [5.41, 5.74) is 3.54. The number of aromatic nitrogens is 1. The van der Waals surface area contributed by atoms with Crippen molar-refractivity contribution in [2.24, 2.45) is 0 Å². The molecular formula is C24H27N3O. The van der Waals surface area contributed by atoms with Gasteiger partial charge in [-0.15, -0.1) is 0 Å². The van der Waals surface area contributed by atoms with Crippen LogP contribution in [0.4, 0.5) is 5.69 Å². The number of pyridine rings is 1. The number of carbonyl (C=O) groups is 1. The molecule has 144 valence electrons. The molecule has 0 saturated carbocycles. The van der Waals surface area contributed by atoms with Gasteiger partial charge >= 0.3 is 0 Å². The minimum Gasteiger partial charge on any atom is -0.368 e. The van der Waals surface area contributed by atoms with Crippen LogP contribution in [0.2, 0.25) is 0 Å². The number of carbonyl (C=O) groups excluding carboxylic acids is 1. The van der Waals surface area contributed by atoms with Crippen LogP contribution in [-0.2, 0) is 11.2 Å². The van der Waals surface area contributed by atoms with Crippen LogP contribution < -0.4 is 4.90 Å². The summed E-state index contributed by atoms with van der Waals surface area (Å²) in [4.78, 5) is 21.7. The minimum atomic E-state index is 0.239. The van der Waals surface area contributed by atoms with Gasteiger partial charge in [-0.05, 0) is 49.6 Å². The monoisotopic (exact) mass is 373 g/mol. The van der Waals surface area contributed by atoms with Crippen LogP contribution in [0.3, 0.4) is 0 Å². The second kappa shape index (κ2) is 8.42. The van der Waals surface area contributed by atoms with E-state index in [0.717, 1.165) is 38.0 Å². The summed E-state index contributed by atoms with van der Waals surface area (Å²) >= 11 is 0. The topological polar surface area (TPSA) is 36.4 Å². The van der Waals surface area contributed by atoms with Crippen LogP contribution >= 0.6 is 0 Å². The van der Waals surface area contributed by atoms with Gasteiger partial charge in [0.05, 0.1) is 5.52 Å². The van der Waals surface area contributed by atoms with Gasteiger partial charge in [-0.25, -0.2) is 0 Å². The molecule has 1 aromatic heterocycles. The van der Waals surface area contributed by atoms with Crippen molar-refractivity contribution in [2.45, 2.75) is 32.2 Å². The third-order valence-electron chi connectivity index (χ3n) is 5.64. The molecule has 0 spiro atoms. The van der Waals surface area contributed by atoms with E-state index in [1.807, 2.05) is 24.4 Å². The number of aryl methyl sites for hydroxylation is 1. The molecule has 28 heavy (non-hydrogen) atoms. The normalized spacial score (nSPS) is 17.1. The highest BCUT2D eigenvalue weighted by Crippen LogP contribution is 2.21. The molecule has 3 aromatic rings. The first kappa shape index (κ1) is 18.5. The van der Waals surface area contributed by atoms with Gasteiger partial charge in [-0.2, -0.15) is 0 Å². The Balaban J connectivity index is 1.32. The predicted molar refractivity (Wildman–Crippen MR) is 115 cm³/mol. The van der Waals surface area contributed by atoms with Crippen LogP contribution in [0.15, 0.2) is 66.9 Å². The Hall–Kier alpha value is -2.88. The summed E-state index contributed by atoms with van der Waals surface area (Å²) in [5, 5.41) is 1.20. The molecule has 1 saturated heterocycles. The Morgan fingerprint density at radius 2 is 1.89 bits per heavy atom. The van der Waals surface area contributed by atoms with Crippen molar-refractivity contribution in [3.8, 4) is 0 Å². The summed E-state index contributed by atoms with van der Waals surface area (Å²) in [5.74, 6) is 0.276. The number of fused-ring (bicyclic) bond motifs is 1. The molecule has 0 radical (unpaired) electrons. The van der Waals surface area contributed by atoms with Crippen LogP contribution in [0.25, 0.3) is 10.9 Å². The quantitative estimate of drug-likeness (QED) is 0.669. The number of amides is 1. The van der Waals surface area contributed by atoms with Crippen molar-refractivity contribution in [3.05, 3.63) is 72.4 Å². The van der Waals surface area contributed by atoms with Gasteiger partial charge in [-0.1, -0.05) is 36.4 Å². The number of hydrogen-bond donors (Lipinski definition) is 0. The molecule has 1 aliphatic heterocycles. The summed E-state index contributed by atoms with van der Waals surface area (Å²) in [6, 6.07) is 21.0. The molecule has 0 bridgehead atoms. The maximum atomic E-state index is 12.8. The van der Waals surface area contributed by atoms with E-state index in [4.69, 9.17) is 0 Å². The highest BCUT2D eigenvalue weighted by Gasteiger charge is 2.27. The van der Waals surface area contributed by atoms with Gasteiger partial charge in [0.2, 0.25) is 5.91 Å². The van der Waals surface area contributed by atoms with Crippen molar-refractivity contribution >= 4 is 22.5 Å². The SMILES string of the molecule is CC1CN(c2ccccc2)CCN1C(=O)CCCc1cccc2ncccc12. The molecule has 2 aromatic carbocycles. The molecule has 4 rings (SSSR count). The molecule has 0 N–H and O–H groups in total. The number of hydrogen-bond acceptors (Lipinski definition) is 3. The highest BCUT2D eigenvalue weighted by atomic mass is 16.2. The van der Waals surface area contributed by atoms with Crippen LogP contribution in [0, 0.1) is 0 Å². The van der Waals surface area contributed by atoms with E-state index in [9.17, 15) is 4.79 Å². The van der Waals surface area contributed by atoms with Crippen LogP contribution in [0.5, 0.6) is 0 Å². The minimum absolute atomic E-state index is 0.239. The molecule has 0 aliphatic carbocycles. The fourth-order valence-electron chi connectivity index (χ4n) is 4.16. The maximum absolute atomic E-state index is 12.8. The molecular weight excluding hydrogens is 346 g/mol. The lowest BCUT2D eigenvalue weighted by Gasteiger charge is -2.41. The van der Waals surface area contributed by atoms with Crippen LogP contribution in [-0.4, -0.2) is 41.5 Å². The first-order valence-electron chi connectivity index (χ1n) is 10.1. The average Bonchev–Trinajstić information content (AvgIpc) is 2.74. The van der Waals surface area contributed by atoms with Gasteiger partial charge in [0, 0.05) is 49.4 Å². The number of benzene rings is 2. The third-order valence-corrected chi connectivity index (χ3v) is 5.64. The number of nitrogens with zero attached hydrogens (tertiary/aromatic N) is 3. The van der Waals surface area contributed by atoms with Crippen molar-refractivity contribution in [2.75, 3.05) is 24.5 Å². The lowest BCUT2D eigenvalue weighted by atomic mass is 10.0. The van der Waals surface area contributed by atoms with E-state index in [-0.39, 0.29) is 11.9 Å². The first-order chi connectivity index (χ1) is 13.7. The summed E-state index contributed by atoms with van der Waals surface area (Å²) in [7, 11) is 0. The number of piperazine rings is 1. The fraction of sp³-hybridized carbons (Fsp3) is 0.333. The smallest absolute Gasteiger partial charge is 0.222 e. The van der Waals surface area contributed by atoms with Gasteiger partial charge in [0.1, 0.15) is 0 Å². The molecule has 1 atom stereocenters. The zero-order valence-electron chi connectivity index (χ0n) is 16.4. The van der Waals surface area contributed by atoms with E-state index in [0.29, 0.717) is 6.42 Å².